The molecule has 5 heterocycles. The molecule has 0 radical (unpaired) electrons. The van der Waals surface area contributed by atoms with Crippen LogP contribution in [0.15, 0.2) is 36.4 Å². The Morgan fingerprint density at radius 3 is 2.52 bits per heavy atom. The number of thiazole rings is 1. The number of likely N-dealkylation sites (tertiary alicyclic amines) is 1. The minimum atomic E-state index is -0.317. The van der Waals surface area contributed by atoms with Crippen molar-refractivity contribution in [3.63, 3.8) is 0 Å². The summed E-state index contributed by atoms with van der Waals surface area (Å²) in [4.78, 5) is 25.2. The molecular formula is C34H34FN7OS. The Balaban J connectivity index is 0.998. The zero-order chi connectivity index (χ0) is 29.9. The minimum Gasteiger partial charge on any atom is -0.370 e. The molecule has 10 rings (SSSR count). The minimum absolute atomic E-state index is 0.224. The normalized spacial score (nSPS) is 24.6. The second kappa shape index (κ2) is 9.27. The van der Waals surface area contributed by atoms with Gasteiger partial charge in [0.25, 0.3) is 0 Å². The molecule has 0 N–H and O–H groups in total. The van der Waals surface area contributed by atoms with Crippen LogP contribution < -0.4 is 9.80 Å². The van der Waals surface area contributed by atoms with E-state index in [0.29, 0.717) is 39.4 Å². The molecule has 4 aliphatic carbocycles. The summed E-state index contributed by atoms with van der Waals surface area (Å²) in [5.74, 6) is 2.29. The maximum absolute atomic E-state index is 13.6. The Morgan fingerprint density at radius 1 is 1.11 bits per heavy atom. The Hall–Kier alpha value is -3.97. The van der Waals surface area contributed by atoms with Gasteiger partial charge in [-0.2, -0.15) is 10.4 Å². The maximum atomic E-state index is 13.6. The highest BCUT2D eigenvalue weighted by Crippen LogP contribution is 2.54. The SMILES string of the molecule is Cc1cc(N2CC3(CN(C(=O)C4CC5CC4C5)C3)C2)cc2c(N(C)c3nc(-c4ccc(F)cc4)c(C#N)s3)c(C3CC3)nn12. The zero-order valence-electron chi connectivity index (χ0n) is 25.0. The largest absolute Gasteiger partial charge is 0.370 e. The number of aryl methyl sites for hydroxylation is 1. The Morgan fingerprint density at radius 2 is 1.86 bits per heavy atom. The molecule has 1 spiro atoms. The van der Waals surface area contributed by atoms with Gasteiger partial charge in [-0.15, -0.1) is 0 Å². The lowest BCUT2D eigenvalue weighted by Crippen LogP contribution is -2.73. The van der Waals surface area contributed by atoms with Gasteiger partial charge >= 0.3 is 0 Å². The number of rotatable bonds is 6. The van der Waals surface area contributed by atoms with E-state index in [-0.39, 0.29) is 11.2 Å². The van der Waals surface area contributed by atoms with Crippen molar-refractivity contribution in [1.29, 1.82) is 5.26 Å². The predicted molar refractivity (Wildman–Crippen MR) is 168 cm³/mol. The molecule has 1 unspecified atom stereocenters. The first-order chi connectivity index (χ1) is 21.3. The highest BCUT2D eigenvalue weighted by Gasteiger charge is 2.56. The number of aromatic nitrogens is 3. The number of halogens is 1. The highest BCUT2D eigenvalue weighted by molar-refractivity contribution is 7.16. The summed E-state index contributed by atoms with van der Waals surface area (Å²) in [6.07, 6.45) is 5.90. The average molecular weight is 608 g/mol. The summed E-state index contributed by atoms with van der Waals surface area (Å²) >= 11 is 1.35. The van der Waals surface area contributed by atoms with Crippen molar-refractivity contribution >= 4 is 39.3 Å². The average Bonchev–Trinajstić information content (AvgIpc) is 3.29. The third kappa shape index (κ3) is 3.94. The summed E-state index contributed by atoms with van der Waals surface area (Å²) in [6, 6.07) is 12.9. The number of anilines is 3. The fourth-order valence-corrected chi connectivity index (χ4v) is 9.20. The quantitative estimate of drug-likeness (QED) is 0.263. The van der Waals surface area contributed by atoms with Crippen LogP contribution in [0.5, 0.6) is 0 Å². The third-order valence-electron chi connectivity index (χ3n) is 10.8. The third-order valence-corrected chi connectivity index (χ3v) is 11.9. The van der Waals surface area contributed by atoms with Gasteiger partial charge in [-0.25, -0.2) is 13.9 Å². The van der Waals surface area contributed by atoms with E-state index < -0.39 is 0 Å². The van der Waals surface area contributed by atoms with Crippen molar-refractivity contribution in [2.24, 2.45) is 23.2 Å². The van der Waals surface area contributed by atoms with Crippen molar-refractivity contribution in [3.05, 3.63) is 58.5 Å². The van der Waals surface area contributed by atoms with E-state index >= 15 is 0 Å². The van der Waals surface area contributed by atoms with Crippen molar-refractivity contribution in [3.8, 4) is 17.3 Å². The van der Waals surface area contributed by atoms with Crippen LogP contribution in [0.3, 0.4) is 0 Å². The summed E-state index contributed by atoms with van der Waals surface area (Å²) in [7, 11) is 2.01. The molecule has 6 aliphatic rings. The van der Waals surface area contributed by atoms with Crippen LogP contribution in [-0.4, -0.2) is 58.6 Å². The fourth-order valence-electron chi connectivity index (χ4n) is 8.34. The fraction of sp³-hybridized carbons (Fsp3) is 0.471. The molecule has 1 amide bonds. The molecule has 10 heteroatoms. The molecule has 2 aliphatic heterocycles. The lowest BCUT2D eigenvalue weighted by molar-refractivity contribution is -0.150. The lowest BCUT2D eigenvalue weighted by Gasteiger charge is -2.61. The molecule has 1 aromatic carbocycles. The van der Waals surface area contributed by atoms with E-state index in [4.69, 9.17) is 10.1 Å². The summed E-state index contributed by atoms with van der Waals surface area (Å²) in [6.45, 7) is 5.84. The standard InChI is InChI=1S/C34H34FN7OS/c1-19-9-25(40-15-34(16-40)17-41(18-34)32(43)26-12-20-10-23(26)11-20)13-27-31(30(22-3-4-22)38-42(19)27)39(2)33-37-29(28(14-36)44-33)21-5-7-24(35)8-6-21/h5-9,13,20,22-23,26H,3-4,10-12,15-18H2,1-2H3. The molecule has 3 aromatic heterocycles. The number of nitrogens with zero attached hydrogens (tertiary/aromatic N) is 7. The second-order valence-electron chi connectivity index (χ2n) is 14.0. The second-order valence-corrected chi connectivity index (χ2v) is 15.0. The number of carbonyl (C=O) groups is 1. The maximum Gasteiger partial charge on any atom is 0.226 e. The van der Waals surface area contributed by atoms with Crippen LogP contribution in [0, 0.1) is 47.2 Å². The smallest absolute Gasteiger partial charge is 0.226 e. The first-order valence-corrected chi connectivity index (χ1v) is 16.6. The molecule has 2 saturated heterocycles. The Labute approximate surface area is 259 Å². The number of nitriles is 1. The van der Waals surface area contributed by atoms with E-state index in [2.05, 4.69) is 44.3 Å². The first kappa shape index (κ1) is 26.4. The molecule has 6 fully saturated rings. The van der Waals surface area contributed by atoms with Crippen LogP contribution in [0.25, 0.3) is 16.8 Å². The Kier molecular flexibility index (Phi) is 5.57. The molecule has 4 aromatic rings. The van der Waals surface area contributed by atoms with Crippen LogP contribution in [-0.2, 0) is 4.79 Å². The van der Waals surface area contributed by atoms with Gasteiger partial charge in [-0.3, -0.25) is 4.79 Å². The van der Waals surface area contributed by atoms with Crippen LogP contribution in [0.1, 0.15) is 54.3 Å². The zero-order valence-corrected chi connectivity index (χ0v) is 25.8. The summed E-state index contributed by atoms with van der Waals surface area (Å²) < 4.78 is 15.6. The van der Waals surface area contributed by atoms with Gasteiger partial charge in [0.2, 0.25) is 5.91 Å². The van der Waals surface area contributed by atoms with Gasteiger partial charge in [0.15, 0.2) is 5.13 Å². The van der Waals surface area contributed by atoms with Gasteiger partial charge in [0.1, 0.15) is 22.5 Å². The Bertz CT molecular complexity index is 1870. The van der Waals surface area contributed by atoms with E-state index in [0.717, 1.165) is 79.5 Å². The van der Waals surface area contributed by atoms with E-state index in [1.54, 1.807) is 12.1 Å². The van der Waals surface area contributed by atoms with Crippen molar-refractivity contribution < 1.29 is 9.18 Å². The number of fused-ring (bicyclic) bond motifs is 2. The van der Waals surface area contributed by atoms with Gasteiger partial charge in [-0.05, 0) is 87.3 Å². The number of carbonyl (C=O) groups excluding carboxylic acids is 1. The van der Waals surface area contributed by atoms with Crippen LogP contribution >= 0.6 is 11.3 Å². The predicted octanol–water partition coefficient (Wildman–Crippen LogP) is 6.12. The number of amides is 1. The number of benzene rings is 1. The lowest BCUT2D eigenvalue weighted by atomic mass is 9.72. The molecule has 224 valence electrons. The van der Waals surface area contributed by atoms with Gasteiger partial charge in [0.05, 0.1) is 16.9 Å². The molecule has 4 saturated carbocycles. The van der Waals surface area contributed by atoms with E-state index in [1.807, 2.05) is 7.05 Å². The van der Waals surface area contributed by atoms with Gasteiger partial charge < -0.3 is 14.7 Å². The molecule has 44 heavy (non-hydrogen) atoms. The van der Waals surface area contributed by atoms with Gasteiger partial charge in [-0.1, -0.05) is 11.3 Å². The van der Waals surface area contributed by atoms with Crippen molar-refractivity contribution in [2.75, 3.05) is 43.0 Å². The van der Waals surface area contributed by atoms with Crippen LogP contribution in [0.4, 0.5) is 20.9 Å². The van der Waals surface area contributed by atoms with Gasteiger partial charge in [0, 0.05) is 67.4 Å². The number of pyridine rings is 1. The van der Waals surface area contributed by atoms with Crippen molar-refractivity contribution in [2.45, 2.75) is 44.9 Å². The first-order valence-electron chi connectivity index (χ1n) is 15.8. The van der Waals surface area contributed by atoms with E-state index in [9.17, 15) is 14.4 Å². The highest BCUT2D eigenvalue weighted by atomic mass is 32.1. The van der Waals surface area contributed by atoms with Crippen molar-refractivity contribution in [1.82, 2.24) is 19.5 Å². The summed E-state index contributed by atoms with van der Waals surface area (Å²) in [5.41, 5.74) is 6.92. The molecule has 2 bridgehead atoms. The monoisotopic (exact) mass is 607 g/mol. The molecule has 8 nitrogen and oxygen atoms in total. The molecular weight excluding hydrogens is 573 g/mol. The van der Waals surface area contributed by atoms with Crippen LogP contribution in [0.2, 0.25) is 0 Å². The topological polar surface area (TPSA) is 80.8 Å². The summed E-state index contributed by atoms with van der Waals surface area (Å²) in [5, 5.41) is 15.7. The molecule has 1 atom stereocenters. The number of hydrogen-bond acceptors (Lipinski definition) is 7. The van der Waals surface area contributed by atoms with E-state index in [1.165, 1.54) is 42.0 Å². The number of hydrogen-bond donors (Lipinski definition) is 0.